The van der Waals surface area contributed by atoms with Gasteiger partial charge < -0.3 is 4.90 Å². The molecule has 1 saturated heterocycles. The van der Waals surface area contributed by atoms with Crippen LogP contribution in [0.3, 0.4) is 0 Å². The van der Waals surface area contributed by atoms with Gasteiger partial charge in [0.25, 0.3) is 5.91 Å². The summed E-state index contributed by atoms with van der Waals surface area (Å²) in [5, 5.41) is 5.68. The molecule has 2 aliphatic rings. The maximum atomic E-state index is 14.0. The van der Waals surface area contributed by atoms with Gasteiger partial charge in [-0.15, -0.1) is 0 Å². The van der Waals surface area contributed by atoms with Gasteiger partial charge in [-0.05, 0) is 69.0 Å². The van der Waals surface area contributed by atoms with Crippen LogP contribution in [0.2, 0.25) is 0 Å². The topological polar surface area (TPSA) is 51.0 Å². The zero-order chi connectivity index (χ0) is 24.6. The van der Waals surface area contributed by atoms with Gasteiger partial charge in [-0.25, -0.2) is 13.2 Å². The first-order valence-electron chi connectivity index (χ1n) is 11.6. The number of halogens is 3. The molecular weight excluding hydrogens is 453 g/mol. The highest BCUT2D eigenvalue weighted by atomic mass is 19.2. The van der Waals surface area contributed by atoms with Gasteiger partial charge in [-0.3, -0.25) is 14.5 Å². The van der Waals surface area contributed by atoms with Crippen molar-refractivity contribution in [2.24, 2.45) is 7.05 Å². The number of aryl methyl sites for hydroxylation is 3. The summed E-state index contributed by atoms with van der Waals surface area (Å²) < 4.78 is 43.1. The van der Waals surface area contributed by atoms with Crippen molar-refractivity contribution >= 4 is 16.8 Å². The first-order chi connectivity index (χ1) is 16.7. The number of rotatable bonds is 2. The lowest BCUT2D eigenvalue weighted by Crippen LogP contribution is -2.41. The SMILES string of the molecule is Cc1cc(C)c2ccc(C(=O)N3[C@@H]4CC[C@H]3c3nn(C)c(-c5cc(F)c(F)c(F)c5)c3C4)cc2n1. The molecule has 1 amide bonds. The number of benzene rings is 2. The minimum Gasteiger partial charge on any atom is -0.327 e. The number of fused-ring (bicyclic) bond motifs is 5. The highest BCUT2D eigenvalue weighted by molar-refractivity contribution is 5.99. The predicted octanol–water partition coefficient (Wildman–Crippen LogP) is 5.57. The molecule has 6 rings (SSSR count). The molecule has 4 heterocycles. The van der Waals surface area contributed by atoms with E-state index in [0.717, 1.165) is 58.4 Å². The molecule has 2 aromatic carbocycles. The Morgan fingerprint density at radius 3 is 2.51 bits per heavy atom. The standard InChI is InChI=1S/C27H23F3N4O/c1-13-8-14(2)31-22-11-15(4-6-18(13)22)27(35)34-17-5-7-23(34)25-19(12-17)26(33(3)32-25)16-9-20(28)24(30)21(29)10-16/h4,6,8-11,17,23H,5,7,12H2,1-3H3/t17-,23+/m1/s1. The first kappa shape index (κ1) is 21.8. The third-order valence-electron chi connectivity index (χ3n) is 7.32. The third-order valence-corrected chi connectivity index (χ3v) is 7.32. The van der Waals surface area contributed by atoms with Crippen LogP contribution in [0.15, 0.2) is 36.4 Å². The van der Waals surface area contributed by atoms with Crippen molar-refractivity contribution < 1.29 is 18.0 Å². The maximum Gasteiger partial charge on any atom is 0.254 e. The number of pyridine rings is 1. The number of amides is 1. The van der Waals surface area contributed by atoms with Crippen LogP contribution in [0.4, 0.5) is 13.2 Å². The third kappa shape index (κ3) is 3.26. The second-order valence-electron chi connectivity index (χ2n) is 9.57. The van der Waals surface area contributed by atoms with E-state index in [0.29, 0.717) is 17.7 Å². The molecule has 178 valence electrons. The van der Waals surface area contributed by atoms with Crippen LogP contribution >= 0.6 is 0 Å². The number of hydrogen-bond acceptors (Lipinski definition) is 3. The van der Waals surface area contributed by atoms with E-state index in [-0.39, 0.29) is 23.6 Å². The Morgan fingerprint density at radius 2 is 1.77 bits per heavy atom. The van der Waals surface area contributed by atoms with Gasteiger partial charge in [0.2, 0.25) is 0 Å². The summed E-state index contributed by atoms with van der Waals surface area (Å²) in [5.41, 5.74) is 5.78. The molecule has 0 saturated carbocycles. The van der Waals surface area contributed by atoms with Crippen LogP contribution in [-0.2, 0) is 13.5 Å². The van der Waals surface area contributed by atoms with E-state index in [2.05, 4.69) is 10.1 Å². The number of carbonyl (C=O) groups excluding carboxylic acids is 1. The molecule has 2 bridgehead atoms. The minimum atomic E-state index is -1.49. The molecule has 5 nitrogen and oxygen atoms in total. The van der Waals surface area contributed by atoms with Gasteiger partial charge in [0.15, 0.2) is 17.5 Å². The minimum absolute atomic E-state index is 0.0546. The summed E-state index contributed by atoms with van der Waals surface area (Å²) in [6.07, 6.45) is 2.09. The highest BCUT2D eigenvalue weighted by Crippen LogP contribution is 2.47. The average Bonchev–Trinajstić information content (AvgIpc) is 3.32. The molecule has 4 aromatic rings. The van der Waals surface area contributed by atoms with Gasteiger partial charge in [0.1, 0.15) is 0 Å². The zero-order valence-electron chi connectivity index (χ0n) is 19.6. The van der Waals surface area contributed by atoms with Crippen LogP contribution in [-0.4, -0.2) is 31.6 Å². The molecule has 2 aliphatic heterocycles. The van der Waals surface area contributed by atoms with Crippen molar-refractivity contribution in [3.05, 3.63) is 81.9 Å². The van der Waals surface area contributed by atoms with Crippen LogP contribution in [0.5, 0.6) is 0 Å². The average molecular weight is 477 g/mol. The quantitative estimate of drug-likeness (QED) is 0.356. The molecular formula is C27H23F3N4O. The monoisotopic (exact) mass is 476 g/mol. The summed E-state index contributed by atoms with van der Waals surface area (Å²) in [5.74, 6) is -4.03. The Kier molecular flexibility index (Phi) is 4.78. The summed E-state index contributed by atoms with van der Waals surface area (Å²) in [6.45, 7) is 3.97. The Balaban J connectivity index is 1.40. The molecule has 0 spiro atoms. The normalized spacial score (nSPS) is 18.9. The second kappa shape index (κ2) is 7.66. The lowest BCUT2D eigenvalue weighted by atomic mass is 9.94. The Hall–Kier alpha value is -3.68. The molecule has 8 heteroatoms. The van der Waals surface area contributed by atoms with E-state index in [1.807, 2.05) is 43.0 Å². The molecule has 0 N–H and O–H groups in total. The van der Waals surface area contributed by atoms with Crippen molar-refractivity contribution in [3.8, 4) is 11.3 Å². The Labute approximate surface area is 200 Å². The number of hydrogen-bond donors (Lipinski definition) is 0. The van der Waals surface area contributed by atoms with Crippen molar-refractivity contribution in [2.45, 2.75) is 45.2 Å². The molecule has 0 aliphatic carbocycles. The van der Waals surface area contributed by atoms with E-state index in [9.17, 15) is 18.0 Å². The Bertz CT molecular complexity index is 1520. The summed E-state index contributed by atoms with van der Waals surface area (Å²) in [6, 6.07) is 9.38. The smallest absolute Gasteiger partial charge is 0.254 e. The van der Waals surface area contributed by atoms with Crippen LogP contribution < -0.4 is 0 Å². The summed E-state index contributed by atoms with van der Waals surface area (Å²) >= 11 is 0. The Morgan fingerprint density at radius 1 is 1.03 bits per heavy atom. The summed E-state index contributed by atoms with van der Waals surface area (Å²) in [4.78, 5) is 20.2. The van der Waals surface area contributed by atoms with Gasteiger partial charge in [0, 0.05) is 40.9 Å². The fraction of sp³-hybridized carbons (Fsp3) is 0.296. The number of aromatic nitrogens is 3. The molecule has 0 unspecified atom stereocenters. The second-order valence-corrected chi connectivity index (χ2v) is 9.57. The zero-order valence-corrected chi connectivity index (χ0v) is 19.6. The first-order valence-corrected chi connectivity index (χ1v) is 11.6. The van der Waals surface area contributed by atoms with Gasteiger partial charge in [-0.1, -0.05) is 6.07 Å². The van der Waals surface area contributed by atoms with E-state index in [1.165, 1.54) is 0 Å². The van der Waals surface area contributed by atoms with Crippen LogP contribution in [0, 0.1) is 31.3 Å². The summed E-state index contributed by atoms with van der Waals surface area (Å²) in [7, 11) is 1.70. The number of nitrogens with zero attached hydrogens (tertiary/aromatic N) is 4. The lowest BCUT2D eigenvalue weighted by Gasteiger charge is -2.34. The van der Waals surface area contributed by atoms with Crippen molar-refractivity contribution in [3.63, 3.8) is 0 Å². The molecule has 2 atom stereocenters. The van der Waals surface area contributed by atoms with Crippen molar-refractivity contribution in [1.82, 2.24) is 19.7 Å². The van der Waals surface area contributed by atoms with E-state index in [4.69, 9.17) is 0 Å². The van der Waals surface area contributed by atoms with E-state index >= 15 is 0 Å². The van der Waals surface area contributed by atoms with Crippen LogP contribution in [0.25, 0.3) is 22.2 Å². The largest absolute Gasteiger partial charge is 0.327 e. The van der Waals surface area contributed by atoms with Gasteiger partial charge in [0.05, 0.1) is 22.9 Å². The molecule has 0 radical (unpaired) electrons. The van der Waals surface area contributed by atoms with Crippen LogP contribution in [0.1, 0.15) is 51.8 Å². The van der Waals surface area contributed by atoms with Gasteiger partial charge in [-0.2, -0.15) is 5.10 Å². The highest BCUT2D eigenvalue weighted by Gasteiger charge is 2.45. The molecule has 1 fully saturated rings. The maximum absolute atomic E-state index is 14.0. The lowest BCUT2D eigenvalue weighted by molar-refractivity contribution is 0.0642. The predicted molar refractivity (Wildman–Crippen MR) is 125 cm³/mol. The van der Waals surface area contributed by atoms with E-state index < -0.39 is 17.5 Å². The molecule has 35 heavy (non-hydrogen) atoms. The van der Waals surface area contributed by atoms with E-state index in [1.54, 1.807) is 11.7 Å². The van der Waals surface area contributed by atoms with Crippen molar-refractivity contribution in [1.29, 1.82) is 0 Å². The van der Waals surface area contributed by atoms with Gasteiger partial charge >= 0.3 is 0 Å². The van der Waals surface area contributed by atoms with Crippen molar-refractivity contribution in [2.75, 3.05) is 0 Å². The molecule has 2 aromatic heterocycles. The number of carbonyl (C=O) groups is 1. The fourth-order valence-electron chi connectivity index (χ4n) is 5.86. The fourth-order valence-corrected chi connectivity index (χ4v) is 5.86.